The van der Waals surface area contributed by atoms with Gasteiger partial charge in [0.05, 0.1) is 22.7 Å². The van der Waals surface area contributed by atoms with E-state index in [1.165, 1.54) is 5.56 Å². The molecule has 0 aromatic heterocycles. The molecule has 0 N–H and O–H groups in total. The standard InChI is InChI=1S/C28H42O5S/c1-5-32-26-18-22(19-27-24(26)11-9-17-33-27)10-7-6-8-12-25(29)23-15-13-21(14-16-23)20-34(30,31)28(2,3)4/h9,11,18-19,21,23H,5-8,10,12-17,20H2,1-4H3. The van der Waals surface area contributed by atoms with Gasteiger partial charge in [-0.1, -0.05) is 6.42 Å². The third kappa shape index (κ3) is 7.10. The highest BCUT2D eigenvalue weighted by molar-refractivity contribution is 7.92. The Hall–Kier alpha value is -1.82. The second-order valence-electron chi connectivity index (χ2n) is 10.8. The third-order valence-corrected chi connectivity index (χ3v) is 9.94. The highest BCUT2D eigenvalue weighted by Gasteiger charge is 2.34. The number of carbonyl (C=O) groups excluding carboxylic acids is 1. The number of hydrogen-bond donors (Lipinski definition) is 0. The van der Waals surface area contributed by atoms with Crippen molar-refractivity contribution < 1.29 is 22.7 Å². The summed E-state index contributed by atoms with van der Waals surface area (Å²) in [7, 11) is -3.09. The van der Waals surface area contributed by atoms with Crippen LogP contribution in [0.4, 0.5) is 0 Å². The number of unbranched alkanes of at least 4 members (excludes halogenated alkanes) is 2. The van der Waals surface area contributed by atoms with Crippen molar-refractivity contribution in [3.8, 4) is 11.5 Å². The maximum absolute atomic E-state index is 12.7. The molecule has 1 fully saturated rings. The van der Waals surface area contributed by atoms with E-state index < -0.39 is 14.6 Å². The lowest BCUT2D eigenvalue weighted by molar-refractivity contribution is -0.124. The normalized spacial score (nSPS) is 20.5. The number of fused-ring (bicyclic) bond motifs is 1. The minimum Gasteiger partial charge on any atom is -0.493 e. The van der Waals surface area contributed by atoms with Gasteiger partial charge in [0.1, 0.15) is 23.9 Å². The molecular formula is C28H42O5S. The molecule has 1 heterocycles. The Balaban J connectivity index is 1.38. The molecule has 0 atom stereocenters. The Labute approximate surface area is 206 Å². The number of ether oxygens (including phenoxy) is 2. The largest absolute Gasteiger partial charge is 0.493 e. The number of ketones is 1. The Kier molecular flexibility index (Phi) is 9.25. The van der Waals surface area contributed by atoms with Crippen LogP contribution in [0.2, 0.25) is 0 Å². The van der Waals surface area contributed by atoms with Gasteiger partial charge in [-0.05, 0) is 108 Å². The van der Waals surface area contributed by atoms with Crippen LogP contribution >= 0.6 is 0 Å². The van der Waals surface area contributed by atoms with E-state index in [4.69, 9.17) is 9.47 Å². The van der Waals surface area contributed by atoms with Crippen LogP contribution in [0.15, 0.2) is 18.2 Å². The average Bonchev–Trinajstić information content (AvgIpc) is 2.78. The minimum absolute atomic E-state index is 0.119. The van der Waals surface area contributed by atoms with Gasteiger partial charge in [-0.2, -0.15) is 0 Å². The molecule has 0 amide bonds. The van der Waals surface area contributed by atoms with Crippen LogP contribution in [0.5, 0.6) is 11.5 Å². The monoisotopic (exact) mass is 490 g/mol. The summed E-state index contributed by atoms with van der Waals surface area (Å²) in [6.07, 6.45) is 12.0. The lowest BCUT2D eigenvalue weighted by Gasteiger charge is -2.30. The molecule has 190 valence electrons. The first-order valence-corrected chi connectivity index (χ1v) is 14.6. The average molecular weight is 491 g/mol. The van der Waals surface area contributed by atoms with Crippen molar-refractivity contribution in [3.05, 3.63) is 29.3 Å². The molecule has 3 rings (SSSR count). The summed E-state index contributed by atoms with van der Waals surface area (Å²) in [6.45, 7) is 8.52. The van der Waals surface area contributed by atoms with Crippen LogP contribution in [0.1, 0.15) is 90.2 Å². The zero-order valence-electron chi connectivity index (χ0n) is 21.4. The topological polar surface area (TPSA) is 69.7 Å². The van der Waals surface area contributed by atoms with Crippen LogP contribution in [0.25, 0.3) is 6.08 Å². The molecular weight excluding hydrogens is 448 g/mol. The Morgan fingerprint density at radius 1 is 1.09 bits per heavy atom. The first-order chi connectivity index (χ1) is 16.1. The van der Waals surface area contributed by atoms with Crippen molar-refractivity contribution in [2.45, 2.75) is 90.2 Å². The highest BCUT2D eigenvalue weighted by Crippen LogP contribution is 2.35. The quantitative estimate of drug-likeness (QED) is 0.346. The summed E-state index contributed by atoms with van der Waals surface area (Å²) in [5.74, 6) is 2.72. The molecule has 1 aliphatic carbocycles. The number of aryl methyl sites for hydroxylation is 1. The fourth-order valence-electron chi connectivity index (χ4n) is 4.88. The Bertz CT molecular complexity index is 963. The summed E-state index contributed by atoms with van der Waals surface area (Å²) < 4.78 is 35.9. The van der Waals surface area contributed by atoms with Gasteiger partial charge in [-0.25, -0.2) is 8.42 Å². The highest BCUT2D eigenvalue weighted by atomic mass is 32.2. The predicted molar refractivity (Wildman–Crippen MR) is 138 cm³/mol. The van der Waals surface area contributed by atoms with Crippen LogP contribution < -0.4 is 9.47 Å². The van der Waals surface area contributed by atoms with E-state index in [0.29, 0.717) is 25.4 Å². The molecule has 0 bridgehead atoms. The lowest BCUT2D eigenvalue weighted by Crippen LogP contribution is -2.35. The van der Waals surface area contributed by atoms with E-state index in [2.05, 4.69) is 18.2 Å². The fraction of sp³-hybridized carbons (Fsp3) is 0.679. The minimum atomic E-state index is -3.09. The van der Waals surface area contributed by atoms with Crippen molar-refractivity contribution >= 4 is 21.7 Å². The first-order valence-electron chi connectivity index (χ1n) is 12.9. The van der Waals surface area contributed by atoms with Crippen LogP contribution in [0.3, 0.4) is 0 Å². The maximum atomic E-state index is 12.7. The van der Waals surface area contributed by atoms with Gasteiger partial charge >= 0.3 is 0 Å². The molecule has 1 aliphatic heterocycles. The summed E-state index contributed by atoms with van der Waals surface area (Å²) in [5, 5.41) is 0. The van der Waals surface area contributed by atoms with Gasteiger partial charge < -0.3 is 9.47 Å². The Morgan fingerprint density at radius 2 is 1.82 bits per heavy atom. The number of hydrogen-bond acceptors (Lipinski definition) is 5. The van der Waals surface area contributed by atoms with E-state index >= 15 is 0 Å². The molecule has 0 unspecified atom stereocenters. The van der Waals surface area contributed by atoms with Crippen LogP contribution in [0, 0.1) is 11.8 Å². The molecule has 0 radical (unpaired) electrons. The summed E-state index contributed by atoms with van der Waals surface area (Å²) in [6, 6.07) is 4.23. The van der Waals surface area contributed by atoms with Crippen LogP contribution in [-0.2, 0) is 21.1 Å². The first kappa shape index (κ1) is 26.8. The molecule has 1 aromatic carbocycles. The summed E-state index contributed by atoms with van der Waals surface area (Å²) in [5.41, 5.74) is 2.24. The molecule has 1 saturated carbocycles. The number of benzene rings is 1. The Morgan fingerprint density at radius 3 is 2.50 bits per heavy atom. The molecule has 34 heavy (non-hydrogen) atoms. The molecule has 5 nitrogen and oxygen atoms in total. The summed E-state index contributed by atoms with van der Waals surface area (Å²) in [4.78, 5) is 12.7. The molecule has 1 aromatic rings. The second kappa shape index (κ2) is 11.7. The van der Waals surface area contributed by atoms with E-state index in [9.17, 15) is 13.2 Å². The van der Waals surface area contributed by atoms with Gasteiger partial charge in [0.15, 0.2) is 9.84 Å². The van der Waals surface area contributed by atoms with Gasteiger partial charge in [0.2, 0.25) is 0 Å². The molecule has 6 heteroatoms. The van der Waals surface area contributed by atoms with Crippen molar-refractivity contribution in [2.75, 3.05) is 19.0 Å². The molecule has 0 spiro atoms. The van der Waals surface area contributed by atoms with Gasteiger partial charge in [-0.15, -0.1) is 0 Å². The molecule has 0 saturated heterocycles. The van der Waals surface area contributed by atoms with Gasteiger partial charge in [-0.3, -0.25) is 4.79 Å². The lowest BCUT2D eigenvalue weighted by atomic mass is 9.80. The predicted octanol–water partition coefficient (Wildman–Crippen LogP) is 6.18. The zero-order valence-corrected chi connectivity index (χ0v) is 22.2. The van der Waals surface area contributed by atoms with Crippen LogP contribution in [-0.4, -0.2) is 37.9 Å². The van der Waals surface area contributed by atoms with Crippen molar-refractivity contribution in [1.82, 2.24) is 0 Å². The van der Waals surface area contributed by atoms with E-state index in [1.807, 2.05) is 13.0 Å². The number of rotatable bonds is 11. The third-order valence-electron chi connectivity index (χ3n) is 7.16. The van der Waals surface area contributed by atoms with Crippen molar-refractivity contribution in [2.24, 2.45) is 11.8 Å². The number of carbonyl (C=O) groups is 1. The van der Waals surface area contributed by atoms with Gasteiger partial charge in [0, 0.05) is 12.3 Å². The van der Waals surface area contributed by atoms with E-state index in [0.717, 1.165) is 68.4 Å². The van der Waals surface area contributed by atoms with Crippen molar-refractivity contribution in [1.29, 1.82) is 0 Å². The van der Waals surface area contributed by atoms with E-state index in [1.54, 1.807) is 20.8 Å². The summed E-state index contributed by atoms with van der Waals surface area (Å²) >= 11 is 0. The van der Waals surface area contributed by atoms with E-state index in [-0.39, 0.29) is 17.6 Å². The maximum Gasteiger partial charge on any atom is 0.155 e. The van der Waals surface area contributed by atoms with Gasteiger partial charge in [0.25, 0.3) is 0 Å². The second-order valence-corrected chi connectivity index (χ2v) is 13.6. The van der Waals surface area contributed by atoms with Crippen molar-refractivity contribution in [3.63, 3.8) is 0 Å². The SMILES string of the molecule is CCOc1cc(CCCCCC(=O)C2CCC(CS(=O)(=O)C(C)(C)C)CC2)cc2c1C=CCO2. The number of sulfone groups is 1. The number of Topliss-reactive ketones (excluding diaryl/α,β-unsaturated/α-hetero) is 1. The zero-order chi connectivity index (χ0) is 24.8. The fourth-order valence-corrected chi connectivity index (χ4v) is 6.34. The smallest absolute Gasteiger partial charge is 0.155 e. The molecule has 2 aliphatic rings.